The van der Waals surface area contributed by atoms with E-state index in [1.54, 1.807) is 6.20 Å². The first-order valence-corrected chi connectivity index (χ1v) is 5.91. The van der Waals surface area contributed by atoms with E-state index in [9.17, 15) is 0 Å². The lowest BCUT2D eigenvalue weighted by molar-refractivity contribution is -0.0705. The fraction of sp³-hybridized carbons (Fsp3) is 0.538. The largest absolute Gasteiger partial charge is 0.373 e. The Balaban J connectivity index is 2.08. The van der Waals surface area contributed by atoms with E-state index in [4.69, 9.17) is 10.00 Å². The molecule has 0 aromatic carbocycles. The Morgan fingerprint density at radius 3 is 2.82 bits per heavy atom. The van der Waals surface area contributed by atoms with Crippen LogP contribution in [-0.4, -0.2) is 35.2 Å². The van der Waals surface area contributed by atoms with E-state index in [0.29, 0.717) is 5.69 Å². The third-order valence-corrected chi connectivity index (χ3v) is 2.89. The van der Waals surface area contributed by atoms with Crippen molar-refractivity contribution in [2.24, 2.45) is 0 Å². The minimum absolute atomic E-state index is 0.251. The third-order valence-electron chi connectivity index (χ3n) is 2.89. The van der Waals surface area contributed by atoms with Crippen molar-refractivity contribution in [3.63, 3.8) is 0 Å². The molecule has 4 nitrogen and oxygen atoms in total. The molecular weight excluding hydrogens is 214 g/mol. The molecule has 1 aromatic heterocycles. The van der Waals surface area contributed by atoms with Crippen molar-refractivity contribution in [1.82, 2.24) is 9.88 Å². The lowest BCUT2D eigenvalue weighted by Crippen LogP contribution is -2.44. The molecule has 0 bridgehead atoms. The first-order chi connectivity index (χ1) is 8.19. The highest BCUT2D eigenvalue weighted by Crippen LogP contribution is 2.15. The van der Waals surface area contributed by atoms with Crippen LogP contribution in [0.1, 0.15) is 25.1 Å². The molecule has 0 N–H and O–H groups in total. The number of hydrogen-bond donors (Lipinski definition) is 0. The van der Waals surface area contributed by atoms with Gasteiger partial charge in [0.05, 0.1) is 12.2 Å². The topological polar surface area (TPSA) is 49.2 Å². The summed E-state index contributed by atoms with van der Waals surface area (Å²) < 4.78 is 5.69. The summed E-state index contributed by atoms with van der Waals surface area (Å²) in [5.74, 6) is 0. The standard InChI is InChI=1S/C13H17N3O/c1-10-7-16(8-11(2)17-10)9-12-4-3-5-15-13(12)6-14/h3-5,10-11H,7-9H2,1-2H3/t10-,11+. The fourth-order valence-electron chi connectivity index (χ4n) is 2.32. The molecule has 1 aliphatic heterocycles. The van der Waals surface area contributed by atoms with Crippen LogP contribution in [0, 0.1) is 11.3 Å². The van der Waals surface area contributed by atoms with Gasteiger partial charge in [0.1, 0.15) is 11.8 Å². The number of nitriles is 1. The number of nitrogens with zero attached hydrogens (tertiary/aromatic N) is 3. The van der Waals surface area contributed by atoms with Gasteiger partial charge in [-0.1, -0.05) is 6.07 Å². The SMILES string of the molecule is C[C@@H]1CN(Cc2cccnc2C#N)C[C@H](C)O1. The highest BCUT2D eigenvalue weighted by atomic mass is 16.5. The molecule has 1 fully saturated rings. The monoisotopic (exact) mass is 231 g/mol. The molecule has 0 radical (unpaired) electrons. The van der Waals surface area contributed by atoms with E-state index in [1.165, 1.54) is 0 Å². The summed E-state index contributed by atoms with van der Waals surface area (Å²) in [4.78, 5) is 6.40. The Kier molecular flexibility index (Phi) is 3.72. The van der Waals surface area contributed by atoms with Crippen LogP contribution in [0.3, 0.4) is 0 Å². The van der Waals surface area contributed by atoms with Crippen molar-refractivity contribution >= 4 is 0 Å². The normalized spacial score (nSPS) is 25.5. The molecule has 1 saturated heterocycles. The number of aromatic nitrogens is 1. The molecular formula is C13H17N3O. The second-order valence-corrected chi connectivity index (χ2v) is 4.57. The molecule has 0 unspecified atom stereocenters. The molecule has 2 rings (SSSR count). The van der Waals surface area contributed by atoms with Crippen molar-refractivity contribution in [2.75, 3.05) is 13.1 Å². The smallest absolute Gasteiger partial charge is 0.144 e. The quantitative estimate of drug-likeness (QED) is 0.775. The summed E-state index contributed by atoms with van der Waals surface area (Å²) in [7, 11) is 0. The molecule has 0 saturated carbocycles. The van der Waals surface area contributed by atoms with Crippen molar-refractivity contribution in [1.29, 1.82) is 5.26 Å². The van der Waals surface area contributed by atoms with Gasteiger partial charge in [0.15, 0.2) is 0 Å². The van der Waals surface area contributed by atoms with Gasteiger partial charge >= 0.3 is 0 Å². The van der Waals surface area contributed by atoms with Crippen LogP contribution in [0.2, 0.25) is 0 Å². The predicted molar refractivity (Wildman–Crippen MR) is 64.2 cm³/mol. The maximum Gasteiger partial charge on any atom is 0.144 e. The molecule has 0 spiro atoms. The lowest BCUT2D eigenvalue weighted by Gasteiger charge is -2.35. The second kappa shape index (κ2) is 5.26. The highest BCUT2D eigenvalue weighted by Gasteiger charge is 2.22. The minimum atomic E-state index is 0.251. The summed E-state index contributed by atoms with van der Waals surface area (Å²) in [6.07, 6.45) is 2.16. The minimum Gasteiger partial charge on any atom is -0.373 e. The first kappa shape index (κ1) is 12.0. The van der Waals surface area contributed by atoms with Crippen LogP contribution in [0.5, 0.6) is 0 Å². The summed E-state index contributed by atoms with van der Waals surface area (Å²) in [6, 6.07) is 5.99. The van der Waals surface area contributed by atoms with Gasteiger partial charge in [-0.05, 0) is 19.9 Å². The van der Waals surface area contributed by atoms with Gasteiger partial charge in [0.25, 0.3) is 0 Å². The van der Waals surface area contributed by atoms with E-state index in [1.807, 2.05) is 12.1 Å². The maximum atomic E-state index is 9.00. The lowest BCUT2D eigenvalue weighted by atomic mass is 10.1. The summed E-state index contributed by atoms with van der Waals surface area (Å²) in [5.41, 5.74) is 1.52. The molecule has 4 heteroatoms. The first-order valence-electron chi connectivity index (χ1n) is 5.91. The van der Waals surface area contributed by atoms with Gasteiger partial charge in [-0.3, -0.25) is 4.90 Å². The van der Waals surface area contributed by atoms with Gasteiger partial charge in [-0.2, -0.15) is 5.26 Å². The van der Waals surface area contributed by atoms with Crippen LogP contribution in [0.15, 0.2) is 18.3 Å². The van der Waals surface area contributed by atoms with Crippen molar-refractivity contribution in [2.45, 2.75) is 32.6 Å². The Labute approximate surface area is 102 Å². The van der Waals surface area contributed by atoms with E-state index in [0.717, 1.165) is 25.2 Å². The van der Waals surface area contributed by atoms with Crippen molar-refractivity contribution < 1.29 is 4.74 Å². The summed E-state index contributed by atoms with van der Waals surface area (Å²) in [6.45, 7) is 6.75. The fourth-order valence-corrected chi connectivity index (χ4v) is 2.32. The Morgan fingerprint density at radius 2 is 2.18 bits per heavy atom. The van der Waals surface area contributed by atoms with Crippen molar-refractivity contribution in [3.8, 4) is 6.07 Å². The van der Waals surface area contributed by atoms with E-state index in [-0.39, 0.29) is 12.2 Å². The summed E-state index contributed by atoms with van der Waals surface area (Å²) >= 11 is 0. The van der Waals surface area contributed by atoms with Gasteiger partial charge < -0.3 is 4.74 Å². The number of rotatable bonds is 2. The van der Waals surface area contributed by atoms with Crippen molar-refractivity contribution in [3.05, 3.63) is 29.6 Å². The van der Waals surface area contributed by atoms with Crippen LogP contribution in [-0.2, 0) is 11.3 Å². The van der Waals surface area contributed by atoms with Crippen LogP contribution in [0.4, 0.5) is 0 Å². The molecule has 17 heavy (non-hydrogen) atoms. The van der Waals surface area contributed by atoms with Gasteiger partial charge in [-0.25, -0.2) is 4.98 Å². The maximum absolute atomic E-state index is 9.00. The molecule has 2 heterocycles. The van der Waals surface area contributed by atoms with E-state index in [2.05, 4.69) is 29.8 Å². The molecule has 1 aliphatic rings. The van der Waals surface area contributed by atoms with Crippen LogP contribution < -0.4 is 0 Å². The number of morpholine rings is 1. The number of ether oxygens (including phenoxy) is 1. The van der Waals surface area contributed by atoms with Gasteiger partial charge in [0, 0.05) is 31.4 Å². The zero-order chi connectivity index (χ0) is 12.3. The third kappa shape index (κ3) is 3.02. The zero-order valence-corrected chi connectivity index (χ0v) is 10.3. The summed E-state index contributed by atoms with van der Waals surface area (Å²) in [5, 5.41) is 9.00. The van der Waals surface area contributed by atoms with Gasteiger partial charge in [0.2, 0.25) is 0 Å². The molecule has 0 aliphatic carbocycles. The second-order valence-electron chi connectivity index (χ2n) is 4.57. The molecule has 2 atom stereocenters. The zero-order valence-electron chi connectivity index (χ0n) is 10.3. The highest BCUT2D eigenvalue weighted by molar-refractivity contribution is 5.30. The Bertz CT molecular complexity index is 417. The molecule has 1 aromatic rings. The van der Waals surface area contributed by atoms with Gasteiger partial charge in [-0.15, -0.1) is 0 Å². The molecule has 90 valence electrons. The van der Waals surface area contributed by atoms with E-state index < -0.39 is 0 Å². The van der Waals surface area contributed by atoms with Crippen LogP contribution in [0.25, 0.3) is 0 Å². The van der Waals surface area contributed by atoms with Crippen LogP contribution >= 0.6 is 0 Å². The average molecular weight is 231 g/mol. The predicted octanol–water partition coefficient (Wildman–Crippen LogP) is 1.56. The average Bonchev–Trinajstić information content (AvgIpc) is 2.28. The van der Waals surface area contributed by atoms with E-state index >= 15 is 0 Å². The Morgan fingerprint density at radius 1 is 1.47 bits per heavy atom. The molecule has 0 amide bonds. The number of pyridine rings is 1. The Hall–Kier alpha value is -1.44. The number of hydrogen-bond acceptors (Lipinski definition) is 4.